The van der Waals surface area contributed by atoms with Gasteiger partial charge < -0.3 is 15.0 Å². The first kappa shape index (κ1) is 11.0. The molecule has 17 heavy (non-hydrogen) atoms. The Morgan fingerprint density at radius 1 is 1.47 bits per heavy atom. The summed E-state index contributed by atoms with van der Waals surface area (Å²) in [5.41, 5.74) is 1.23. The smallest absolute Gasteiger partial charge is 0.0981 e. The summed E-state index contributed by atoms with van der Waals surface area (Å²) in [4.78, 5) is 6.59. The van der Waals surface area contributed by atoms with E-state index in [-0.39, 0.29) is 5.60 Å². The number of aromatic nitrogens is 1. The van der Waals surface area contributed by atoms with Crippen LogP contribution in [-0.2, 0) is 4.74 Å². The van der Waals surface area contributed by atoms with Crippen LogP contribution in [0.15, 0.2) is 24.5 Å². The third-order valence-corrected chi connectivity index (χ3v) is 3.68. The molecule has 2 aliphatic heterocycles. The average molecular weight is 233 g/mol. The fraction of sp³-hybridized carbons (Fsp3) is 0.615. The van der Waals surface area contributed by atoms with E-state index in [9.17, 15) is 0 Å². The number of anilines is 1. The number of nitrogens with zero attached hydrogens (tertiary/aromatic N) is 2. The van der Waals surface area contributed by atoms with Crippen molar-refractivity contribution < 1.29 is 4.74 Å². The molecule has 3 heterocycles. The molecule has 1 N–H and O–H groups in total. The number of pyridine rings is 1. The summed E-state index contributed by atoms with van der Waals surface area (Å²) in [5, 5.41) is 3.45. The Hall–Kier alpha value is -1.13. The minimum Gasteiger partial charge on any atom is -0.371 e. The van der Waals surface area contributed by atoms with Gasteiger partial charge in [-0.2, -0.15) is 0 Å². The molecule has 0 aliphatic carbocycles. The molecule has 0 aromatic carbocycles. The summed E-state index contributed by atoms with van der Waals surface area (Å²) < 4.78 is 6.03. The van der Waals surface area contributed by atoms with Gasteiger partial charge in [-0.3, -0.25) is 4.98 Å². The van der Waals surface area contributed by atoms with Crippen LogP contribution in [0.1, 0.15) is 12.8 Å². The fourth-order valence-electron chi connectivity index (χ4n) is 2.83. The van der Waals surface area contributed by atoms with E-state index in [1.165, 1.54) is 12.1 Å². The summed E-state index contributed by atoms with van der Waals surface area (Å²) in [6, 6.07) is 4.12. The van der Waals surface area contributed by atoms with E-state index in [2.05, 4.69) is 21.3 Å². The van der Waals surface area contributed by atoms with Gasteiger partial charge in [0.15, 0.2) is 0 Å². The lowest BCUT2D eigenvalue weighted by Gasteiger charge is -2.45. The molecule has 1 atom stereocenters. The lowest BCUT2D eigenvalue weighted by atomic mass is 9.91. The van der Waals surface area contributed by atoms with E-state index in [1.807, 2.05) is 18.5 Å². The van der Waals surface area contributed by atoms with Crippen LogP contribution in [-0.4, -0.2) is 43.4 Å². The maximum absolute atomic E-state index is 6.03. The van der Waals surface area contributed by atoms with Crippen molar-refractivity contribution in [2.24, 2.45) is 0 Å². The number of ether oxygens (including phenoxy) is 1. The highest BCUT2D eigenvalue weighted by molar-refractivity contribution is 5.44. The molecular formula is C13H19N3O. The summed E-state index contributed by atoms with van der Waals surface area (Å²) in [7, 11) is 0. The van der Waals surface area contributed by atoms with Gasteiger partial charge in [0.25, 0.3) is 0 Å². The zero-order valence-corrected chi connectivity index (χ0v) is 10.1. The predicted octanol–water partition coefficient (Wildman–Crippen LogP) is 1.04. The predicted molar refractivity (Wildman–Crippen MR) is 67.2 cm³/mol. The highest BCUT2D eigenvalue weighted by atomic mass is 16.5. The topological polar surface area (TPSA) is 37.4 Å². The van der Waals surface area contributed by atoms with Crippen LogP contribution in [0, 0.1) is 0 Å². The summed E-state index contributed by atoms with van der Waals surface area (Å²) in [6.07, 6.45) is 6.12. The first-order chi connectivity index (χ1) is 8.38. The third kappa shape index (κ3) is 2.28. The molecule has 0 radical (unpaired) electrons. The van der Waals surface area contributed by atoms with Crippen molar-refractivity contribution in [1.29, 1.82) is 0 Å². The molecule has 3 rings (SSSR count). The first-order valence-corrected chi connectivity index (χ1v) is 6.38. The largest absolute Gasteiger partial charge is 0.371 e. The molecule has 92 valence electrons. The van der Waals surface area contributed by atoms with Crippen molar-refractivity contribution in [3.63, 3.8) is 0 Å². The van der Waals surface area contributed by atoms with Gasteiger partial charge in [0.05, 0.1) is 24.1 Å². The number of hydrogen-bond acceptors (Lipinski definition) is 4. The van der Waals surface area contributed by atoms with Crippen LogP contribution >= 0.6 is 0 Å². The first-order valence-electron chi connectivity index (χ1n) is 6.38. The Balaban J connectivity index is 1.75. The van der Waals surface area contributed by atoms with Crippen molar-refractivity contribution in [2.45, 2.75) is 18.4 Å². The van der Waals surface area contributed by atoms with Gasteiger partial charge >= 0.3 is 0 Å². The van der Waals surface area contributed by atoms with Gasteiger partial charge in [-0.15, -0.1) is 0 Å². The van der Waals surface area contributed by atoms with Crippen LogP contribution in [0.2, 0.25) is 0 Å². The van der Waals surface area contributed by atoms with E-state index in [0.29, 0.717) is 0 Å². The maximum Gasteiger partial charge on any atom is 0.0981 e. The molecule has 2 fully saturated rings. The van der Waals surface area contributed by atoms with E-state index < -0.39 is 0 Å². The second-order valence-electron chi connectivity index (χ2n) is 4.94. The van der Waals surface area contributed by atoms with Crippen molar-refractivity contribution in [1.82, 2.24) is 10.3 Å². The van der Waals surface area contributed by atoms with Crippen molar-refractivity contribution in [3.05, 3.63) is 24.5 Å². The van der Waals surface area contributed by atoms with Crippen LogP contribution in [0.25, 0.3) is 0 Å². The third-order valence-electron chi connectivity index (χ3n) is 3.68. The minimum atomic E-state index is 0.0202. The lowest BCUT2D eigenvalue weighted by Crippen LogP contribution is -2.58. The molecule has 0 saturated carbocycles. The normalized spacial score (nSPS) is 29.5. The standard InChI is InChI=1S/C13H19N3O/c1-3-12(9-14-5-1)16-7-2-4-13(11-16)10-15-6-8-17-13/h1,3,5,9,15H,2,4,6-8,10-11H2. The zero-order valence-electron chi connectivity index (χ0n) is 10.1. The van der Waals surface area contributed by atoms with Crippen molar-refractivity contribution >= 4 is 5.69 Å². The van der Waals surface area contributed by atoms with E-state index in [0.717, 1.165) is 39.2 Å². The van der Waals surface area contributed by atoms with Crippen LogP contribution < -0.4 is 10.2 Å². The van der Waals surface area contributed by atoms with E-state index in [1.54, 1.807) is 0 Å². The monoisotopic (exact) mass is 233 g/mol. The molecule has 1 aromatic rings. The summed E-state index contributed by atoms with van der Waals surface area (Å²) >= 11 is 0. The van der Waals surface area contributed by atoms with Gasteiger partial charge in [0.2, 0.25) is 0 Å². The second kappa shape index (κ2) is 4.63. The number of nitrogens with one attached hydrogen (secondary N) is 1. The Bertz CT molecular complexity index is 357. The van der Waals surface area contributed by atoms with Gasteiger partial charge in [-0.25, -0.2) is 0 Å². The Morgan fingerprint density at radius 3 is 3.24 bits per heavy atom. The van der Waals surface area contributed by atoms with Crippen LogP contribution in [0.3, 0.4) is 0 Å². The Labute approximate surface area is 102 Å². The quantitative estimate of drug-likeness (QED) is 0.786. The van der Waals surface area contributed by atoms with Crippen molar-refractivity contribution in [2.75, 3.05) is 37.7 Å². The van der Waals surface area contributed by atoms with E-state index in [4.69, 9.17) is 4.74 Å². The SMILES string of the molecule is c1cncc(N2CCCC3(CNCCO3)C2)c1. The number of hydrogen-bond donors (Lipinski definition) is 1. The molecule has 1 unspecified atom stereocenters. The highest BCUT2D eigenvalue weighted by Gasteiger charge is 2.37. The minimum absolute atomic E-state index is 0.0202. The number of morpholine rings is 1. The molecule has 2 aliphatic rings. The van der Waals surface area contributed by atoms with Gasteiger partial charge in [0.1, 0.15) is 0 Å². The van der Waals surface area contributed by atoms with Gasteiger partial charge in [-0.05, 0) is 25.0 Å². The number of rotatable bonds is 1. The van der Waals surface area contributed by atoms with E-state index >= 15 is 0 Å². The lowest BCUT2D eigenvalue weighted by molar-refractivity contribution is -0.0725. The second-order valence-corrected chi connectivity index (χ2v) is 4.94. The molecule has 1 aromatic heterocycles. The Kier molecular flexibility index (Phi) is 2.99. The van der Waals surface area contributed by atoms with Crippen LogP contribution in [0.5, 0.6) is 0 Å². The molecule has 0 amide bonds. The molecule has 4 heteroatoms. The summed E-state index contributed by atoms with van der Waals surface area (Å²) in [6.45, 7) is 4.88. The van der Waals surface area contributed by atoms with Crippen molar-refractivity contribution in [3.8, 4) is 0 Å². The van der Waals surface area contributed by atoms with Crippen LogP contribution in [0.4, 0.5) is 5.69 Å². The number of piperidine rings is 1. The van der Waals surface area contributed by atoms with Gasteiger partial charge in [0, 0.05) is 32.4 Å². The molecule has 0 bridgehead atoms. The summed E-state index contributed by atoms with van der Waals surface area (Å²) in [5.74, 6) is 0. The highest BCUT2D eigenvalue weighted by Crippen LogP contribution is 2.29. The molecule has 2 saturated heterocycles. The fourth-order valence-corrected chi connectivity index (χ4v) is 2.83. The zero-order chi connectivity index (χ0) is 11.6. The Morgan fingerprint density at radius 2 is 2.47 bits per heavy atom. The average Bonchev–Trinajstić information content (AvgIpc) is 2.41. The maximum atomic E-state index is 6.03. The molecule has 1 spiro atoms. The molecule has 4 nitrogen and oxygen atoms in total. The van der Waals surface area contributed by atoms with Gasteiger partial charge in [-0.1, -0.05) is 0 Å². The molecular weight excluding hydrogens is 214 g/mol.